The van der Waals surface area contributed by atoms with Gasteiger partial charge in [0.1, 0.15) is 0 Å². The molecule has 0 fully saturated rings. The van der Waals surface area contributed by atoms with Crippen LogP contribution in [-0.2, 0) is 37.7 Å². The Morgan fingerprint density at radius 2 is 0.571 bits per heavy atom. The maximum Gasteiger partial charge on any atom is 0.335 e. The maximum absolute atomic E-state index is 9.77. The van der Waals surface area contributed by atoms with Crippen LogP contribution in [0.2, 0.25) is 0 Å². The molecular formula is C8H12O12V. The van der Waals surface area contributed by atoms with Crippen LogP contribution in [0.5, 0.6) is 0 Å². The SMILES string of the molecule is O=C(O)C(O)C(O)C(=O)O.O=C(O)C(O)C(O)C(=O)O.[V]. The van der Waals surface area contributed by atoms with Gasteiger partial charge in [-0.05, 0) is 0 Å². The maximum atomic E-state index is 9.77. The van der Waals surface area contributed by atoms with Crippen LogP contribution in [0.3, 0.4) is 0 Å². The summed E-state index contributed by atoms with van der Waals surface area (Å²) >= 11 is 0. The second-order valence-corrected chi connectivity index (χ2v) is 3.13. The average Bonchev–Trinajstić information content (AvgIpc) is 2.35. The Balaban J connectivity index is -0.000000295. The van der Waals surface area contributed by atoms with Crippen LogP contribution in [0, 0.1) is 0 Å². The van der Waals surface area contributed by atoms with E-state index in [1.807, 2.05) is 0 Å². The van der Waals surface area contributed by atoms with E-state index in [1.54, 1.807) is 0 Å². The van der Waals surface area contributed by atoms with E-state index in [4.69, 9.17) is 40.9 Å². The van der Waals surface area contributed by atoms with Crippen molar-refractivity contribution < 1.29 is 78.6 Å². The van der Waals surface area contributed by atoms with Gasteiger partial charge >= 0.3 is 23.9 Å². The van der Waals surface area contributed by atoms with E-state index >= 15 is 0 Å². The molecule has 0 aliphatic carbocycles. The van der Waals surface area contributed by atoms with E-state index in [1.165, 1.54) is 0 Å². The molecule has 13 heteroatoms. The van der Waals surface area contributed by atoms with Gasteiger partial charge in [-0.3, -0.25) is 0 Å². The second-order valence-electron chi connectivity index (χ2n) is 3.13. The van der Waals surface area contributed by atoms with Crippen molar-refractivity contribution in [1.82, 2.24) is 0 Å². The molecule has 8 N–H and O–H groups in total. The van der Waals surface area contributed by atoms with Crippen molar-refractivity contribution in [3.05, 3.63) is 0 Å². The first-order valence-electron chi connectivity index (χ1n) is 4.57. The summed E-state index contributed by atoms with van der Waals surface area (Å²) in [7, 11) is 0. The smallest absolute Gasteiger partial charge is 0.335 e. The standard InChI is InChI=1S/2C4H6O6.V/c2*5-1(3(7)8)2(6)4(9)10;/h2*1-2,5-6H,(H,7,8)(H,9,10);. The first-order chi connectivity index (χ1) is 8.93. The van der Waals surface area contributed by atoms with Crippen molar-refractivity contribution in [2.45, 2.75) is 24.4 Å². The third-order valence-corrected chi connectivity index (χ3v) is 1.61. The van der Waals surface area contributed by atoms with Crippen molar-refractivity contribution in [1.29, 1.82) is 0 Å². The number of hydrogen-bond acceptors (Lipinski definition) is 8. The molecule has 0 aliphatic rings. The zero-order valence-corrected chi connectivity index (χ0v) is 11.4. The summed E-state index contributed by atoms with van der Waals surface area (Å²) in [6.07, 6.45) is -9.06. The van der Waals surface area contributed by atoms with E-state index in [-0.39, 0.29) is 18.6 Å². The van der Waals surface area contributed by atoms with Crippen LogP contribution in [0.1, 0.15) is 0 Å². The molecule has 0 aromatic rings. The van der Waals surface area contributed by atoms with Gasteiger partial charge in [-0.2, -0.15) is 0 Å². The minimum absolute atomic E-state index is 0. The Hall–Kier alpha value is -1.70. The van der Waals surface area contributed by atoms with Crippen molar-refractivity contribution in [2.75, 3.05) is 0 Å². The molecule has 0 aliphatic heterocycles. The van der Waals surface area contributed by atoms with Crippen LogP contribution in [0.4, 0.5) is 0 Å². The van der Waals surface area contributed by atoms with Gasteiger partial charge < -0.3 is 40.9 Å². The van der Waals surface area contributed by atoms with E-state index in [0.29, 0.717) is 0 Å². The fourth-order valence-corrected chi connectivity index (χ4v) is 0.540. The van der Waals surface area contributed by atoms with Gasteiger partial charge in [-0.15, -0.1) is 0 Å². The van der Waals surface area contributed by atoms with Gasteiger partial charge in [0.2, 0.25) is 0 Å². The Labute approximate surface area is 127 Å². The van der Waals surface area contributed by atoms with Crippen molar-refractivity contribution in [3.63, 3.8) is 0 Å². The van der Waals surface area contributed by atoms with Crippen LogP contribution in [0.25, 0.3) is 0 Å². The van der Waals surface area contributed by atoms with E-state index < -0.39 is 48.3 Å². The third-order valence-electron chi connectivity index (χ3n) is 1.61. The van der Waals surface area contributed by atoms with Crippen molar-refractivity contribution in [2.24, 2.45) is 0 Å². The van der Waals surface area contributed by atoms with Gasteiger partial charge in [-0.25, -0.2) is 19.2 Å². The van der Waals surface area contributed by atoms with E-state index in [9.17, 15) is 19.2 Å². The molecular weight excluding hydrogens is 339 g/mol. The van der Waals surface area contributed by atoms with Gasteiger partial charge in [-0.1, -0.05) is 0 Å². The summed E-state index contributed by atoms with van der Waals surface area (Å²) in [4.78, 5) is 39.1. The first-order valence-corrected chi connectivity index (χ1v) is 4.57. The molecule has 21 heavy (non-hydrogen) atoms. The average molecular weight is 351 g/mol. The number of hydrogen-bond donors (Lipinski definition) is 8. The second kappa shape index (κ2) is 11.0. The van der Waals surface area contributed by atoms with Crippen molar-refractivity contribution >= 4 is 23.9 Å². The fourth-order valence-electron chi connectivity index (χ4n) is 0.540. The molecule has 0 saturated heterocycles. The molecule has 0 amide bonds. The normalized spacial score (nSPS) is 15.0. The van der Waals surface area contributed by atoms with Gasteiger partial charge in [0.25, 0.3) is 0 Å². The summed E-state index contributed by atoms with van der Waals surface area (Å²) in [6, 6.07) is 0. The largest absolute Gasteiger partial charge is 0.479 e. The Bertz CT molecular complexity index is 309. The fraction of sp³-hybridized carbons (Fsp3) is 0.500. The number of aliphatic hydroxyl groups is 4. The topological polar surface area (TPSA) is 230 Å². The molecule has 4 unspecified atom stereocenters. The predicted molar refractivity (Wildman–Crippen MR) is 54.6 cm³/mol. The summed E-state index contributed by atoms with van der Waals surface area (Å²) in [6.45, 7) is 0. The third kappa shape index (κ3) is 9.78. The molecule has 0 aromatic heterocycles. The Kier molecular flexibility index (Phi) is 12.8. The summed E-state index contributed by atoms with van der Waals surface area (Å²) in [5, 5.41) is 65.1. The van der Waals surface area contributed by atoms with Crippen LogP contribution >= 0.6 is 0 Å². The van der Waals surface area contributed by atoms with Crippen molar-refractivity contribution in [3.8, 4) is 0 Å². The zero-order chi connectivity index (χ0) is 16.6. The molecule has 0 saturated carbocycles. The molecule has 4 atom stereocenters. The quantitative estimate of drug-likeness (QED) is 0.227. The number of carbonyl (C=O) groups is 4. The molecule has 0 bridgehead atoms. The van der Waals surface area contributed by atoms with E-state index in [0.717, 1.165) is 0 Å². The van der Waals surface area contributed by atoms with Gasteiger partial charge in [0.05, 0.1) is 0 Å². The van der Waals surface area contributed by atoms with Gasteiger partial charge in [0.15, 0.2) is 24.4 Å². The van der Waals surface area contributed by atoms with E-state index in [2.05, 4.69) is 0 Å². The minimum Gasteiger partial charge on any atom is -0.479 e. The predicted octanol–water partition coefficient (Wildman–Crippen LogP) is -4.25. The number of rotatable bonds is 6. The molecule has 1 radical (unpaired) electrons. The summed E-state index contributed by atoms with van der Waals surface area (Å²) in [5.74, 6) is -7.07. The van der Waals surface area contributed by atoms with Crippen LogP contribution in [0.15, 0.2) is 0 Å². The summed E-state index contributed by atoms with van der Waals surface area (Å²) < 4.78 is 0. The number of carboxylic acid groups (broad SMARTS) is 4. The molecule has 121 valence electrons. The Morgan fingerprint density at radius 1 is 0.476 bits per heavy atom. The monoisotopic (exact) mass is 351 g/mol. The number of aliphatic hydroxyl groups excluding tert-OH is 4. The molecule has 0 rings (SSSR count). The van der Waals surface area contributed by atoms with Crippen LogP contribution < -0.4 is 0 Å². The summed E-state index contributed by atoms with van der Waals surface area (Å²) in [5.41, 5.74) is 0. The first kappa shape index (κ1) is 24.3. The number of carboxylic acids is 4. The molecule has 12 nitrogen and oxygen atoms in total. The van der Waals surface area contributed by atoms with Crippen LogP contribution in [-0.4, -0.2) is 89.1 Å². The minimum atomic E-state index is -2.27. The molecule has 0 aromatic carbocycles. The van der Waals surface area contributed by atoms with Gasteiger partial charge in [0, 0.05) is 18.6 Å². The Morgan fingerprint density at radius 3 is 0.619 bits per heavy atom. The molecule has 0 heterocycles. The number of aliphatic carboxylic acids is 4. The zero-order valence-electron chi connectivity index (χ0n) is 9.97. The molecule has 0 spiro atoms.